The number of aliphatic hydroxyl groups is 1. The van der Waals surface area contributed by atoms with Crippen LogP contribution in [0.2, 0.25) is 0 Å². The smallest absolute Gasteiger partial charge is 0.325 e. The van der Waals surface area contributed by atoms with Crippen molar-refractivity contribution in [3.8, 4) is 0 Å². The Kier molecular flexibility index (Phi) is 9.30. The zero-order chi connectivity index (χ0) is 22.1. The van der Waals surface area contributed by atoms with Crippen molar-refractivity contribution in [2.75, 3.05) is 0 Å². The van der Waals surface area contributed by atoms with E-state index < -0.39 is 24.1 Å². The van der Waals surface area contributed by atoms with Crippen LogP contribution in [0.1, 0.15) is 64.4 Å². The Bertz CT molecular complexity index is 709. The minimum absolute atomic E-state index is 0.0314. The molecular formula is C23H34N2O5. The van der Waals surface area contributed by atoms with E-state index in [4.69, 9.17) is 5.11 Å². The van der Waals surface area contributed by atoms with Crippen molar-refractivity contribution in [3.05, 3.63) is 35.9 Å². The van der Waals surface area contributed by atoms with Crippen LogP contribution in [0, 0.1) is 5.92 Å². The third-order valence-corrected chi connectivity index (χ3v) is 5.84. The average molecular weight is 419 g/mol. The predicted molar refractivity (Wildman–Crippen MR) is 114 cm³/mol. The third-order valence-electron chi connectivity index (χ3n) is 5.84. The predicted octanol–water partition coefficient (Wildman–Crippen LogP) is 3.35. The molecule has 1 aliphatic rings. The Morgan fingerprint density at radius 1 is 1.10 bits per heavy atom. The van der Waals surface area contributed by atoms with Crippen LogP contribution in [0.3, 0.4) is 0 Å². The zero-order valence-corrected chi connectivity index (χ0v) is 17.9. The van der Waals surface area contributed by atoms with Crippen LogP contribution in [-0.2, 0) is 16.0 Å². The lowest BCUT2D eigenvalue weighted by Gasteiger charge is -2.31. The number of carbonyl (C=O) groups is 3. The van der Waals surface area contributed by atoms with Gasteiger partial charge in [-0.2, -0.15) is 0 Å². The Balaban J connectivity index is 1.85. The molecule has 1 aliphatic heterocycles. The molecule has 1 aromatic carbocycles. The largest absolute Gasteiger partial charge is 0.481 e. The topological polar surface area (TPSA) is 107 Å². The molecular weight excluding hydrogens is 384 g/mol. The summed E-state index contributed by atoms with van der Waals surface area (Å²) in [5, 5.41) is 21.7. The SMILES string of the molecule is CC(Cc1ccccc1)C(O)CC(C)N1C(=O)NC(=O)C1CCCCCCC(=O)O. The number of hydrogen-bond acceptors (Lipinski definition) is 4. The van der Waals surface area contributed by atoms with Crippen LogP contribution in [0.15, 0.2) is 30.3 Å². The lowest BCUT2D eigenvalue weighted by Crippen LogP contribution is -2.44. The van der Waals surface area contributed by atoms with Crippen molar-refractivity contribution in [2.24, 2.45) is 5.92 Å². The summed E-state index contributed by atoms with van der Waals surface area (Å²) >= 11 is 0. The first kappa shape index (κ1) is 23.9. The quantitative estimate of drug-likeness (QED) is 0.336. The maximum absolute atomic E-state index is 12.3. The standard InChI is InChI=1S/C23H34N2O5/c1-16(14-18-10-6-5-7-11-18)20(26)15-17(2)25-19(22(29)24-23(25)30)12-8-3-4-9-13-21(27)28/h5-7,10-11,16-17,19-20,26H,3-4,8-9,12-15H2,1-2H3,(H,27,28)(H,24,29,30). The monoisotopic (exact) mass is 418 g/mol. The van der Waals surface area contributed by atoms with Gasteiger partial charge in [0.1, 0.15) is 6.04 Å². The molecule has 4 atom stereocenters. The molecule has 0 bridgehead atoms. The Hall–Kier alpha value is -2.41. The highest BCUT2D eigenvalue weighted by atomic mass is 16.4. The summed E-state index contributed by atoms with van der Waals surface area (Å²) in [5.41, 5.74) is 1.16. The van der Waals surface area contributed by atoms with E-state index in [1.165, 1.54) is 0 Å². The second kappa shape index (κ2) is 11.7. The molecule has 0 spiro atoms. The van der Waals surface area contributed by atoms with Gasteiger partial charge in [-0.1, -0.05) is 56.5 Å². The molecule has 0 radical (unpaired) electrons. The van der Waals surface area contributed by atoms with Gasteiger partial charge in [-0.05, 0) is 44.1 Å². The molecule has 3 amide bonds. The Morgan fingerprint density at radius 3 is 2.43 bits per heavy atom. The summed E-state index contributed by atoms with van der Waals surface area (Å²) in [6.07, 6.45) is 4.26. The number of rotatable bonds is 13. The highest BCUT2D eigenvalue weighted by molar-refractivity contribution is 6.04. The average Bonchev–Trinajstić information content (AvgIpc) is 2.98. The highest BCUT2D eigenvalue weighted by Gasteiger charge is 2.41. The van der Waals surface area contributed by atoms with Gasteiger partial charge in [-0.3, -0.25) is 14.9 Å². The van der Waals surface area contributed by atoms with E-state index in [1.807, 2.05) is 44.2 Å². The summed E-state index contributed by atoms with van der Waals surface area (Å²) in [7, 11) is 0. The summed E-state index contributed by atoms with van der Waals surface area (Å²) < 4.78 is 0. The maximum atomic E-state index is 12.3. The molecule has 0 aliphatic carbocycles. The number of nitrogens with one attached hydrogen (secondary N) is 1. The third kappa shape index (κ3) is 7.13. The second-order valence-electron chi connectivity index (χ2n) is 8.38. The van der Waals surface area contributed by atoms with Crippen molar-refractivity contribution in [3.63, 3.8) is 0 Å². The number of unbranched alkanes of at least 4 members (excludes halogenated alkanes) is 3. The minimum Gasteiger partial charge on any atom is -0.481 e. The van der Waals surface area contributed by atoms with Gasteiger partial charge in [0.2, 0.25) is 0 Å². The number of carboxylic acid groups (broad SMARTS) is 1. The molecule has 0 saturated carbocycles. The molecule has 7 heteroatoms. The van der Waals surface area contributed by atoms with Crippen LogP contribution in [0.4, 0.5) is 4.79 Å². The van der Waals surface area contributed by atoms with Crippen LogP contribution >= 0.6 is 0 Å². The maximum Gasteiger partial charge on any atom is 0.325 e. The molecule has 7 nitrogen and oxygen atoms in total. The van der Waals surface area contributed by atoms with Crippen molar-refractivity contribution < 1.29 is 24.6 Å². The van der Waals surface area contributed by atoms with Crippen LogP contribution in [-0.4, -0.2) is 51.2 Å². The van der Waals surface area contributed by atoms with Gasteiger partial charge < -0.3 is 15.1 Å². The van der Waals surface area contributed by atoms with Crippen LogP contribution < -0.4 is 5.32 Å². The van der Waals surface area contributed by atoms with E-state index in [0.29, 0.717) is 19.3 Å². The fourth-order valence-electron chi connectivity index (χ4n) is 4.08. The van der Waals surface area contributed by atoms with Crippen LogP contribution in [0.25, 0.3) is 0 Å². The van der Waals surface area contributed by atoms with Crippen molar-refractivity contribution in [1.29, 1.82) is 0 Å². The molecule has 1 fully saturated rings. The number of nitrogens with zero attached hydrogens (tertiary/aromatic N) is 1. The normalized spacial score (nSPS) is 19.4. The Labute approximate surface area is 178 Å². The van der Waals surface area contributed by atoms with Gasteiger partial charge in [0.25, 0.3) is 5.91 Å². The summed E-state index contributed by atoms with van der Waals surface area (Å²) in [4.78, 5) is 36.7. The van der Waals surface area contributed by atoms with Crippen molar-refractivity contribution in [1.82, 2.24) is 10.2 Å². The van der Waals surface area contributed by atoms with Gasteiger partial charge in [0.15, 0.2) is 0 Å². The number of amides is 3. The van der Waals surface area contributed by atoms with Gasteiger partial charge in [0, 0.05) is 12.5 Å². The van der Waals surface area contributed by atoms with E-state index in [2.05, 4.69) is 5.32 Å². The molecule has 1 saturated heterocycles. The molecule has 0 aromatic heterocycles. The number of aliphatic carboxylic acids is 1. The minimum atomic E-state index is -0.796. The second-order valence-corrected chi connectivity index (χ2v) is 8.38. The molecule has 1 aromatic rings. The van der Waals surface area contributed by atoms with Gasteiger partial charge in [-0.15, -0.1) is 0 Å². The fraction of sp³-hybridized carbons (Fsp3) is 0.609. The zero-order valence-electron chi connectivity index (χ0n) is 17.9. The fourth-order valence-corrected chi connectivity index (χ4v) is 4.08. The number of aliphatic hydroxyl groups excluding tert-OH is 1. The van der Waals surface area contributed by atoms with E-state index in [-0.39, 0.29) is 24.3 Å². The molecule has 3 N–H and O–H groups in total. The van der Waals surface area contributed by atoms with Crippen molar-refractivity contribution in [2.45, 2.75) is 83.4 Å². The van der Waals surface area contributed by atoms with Crippen LogP contribution in [0.5, 0.6) is 0 Å². The lowest BCUT2D eigenvalue weighted by atomic mass is 9.91. The van der Waals surface area contributed by atoms with E-state index >= 15 is 0 Å². The highest BCUT2D eigenvalue weighted by Crippen LogP contribution is 2.24. The van der Waals surface area contributed by atoms with Gasteiger partial charge in [0.05, 0.1) is 6.10 Å². The molecule has 2 rings (SSSR count). The van der Waals surface area contributed by atoms with E-state index in [9.17, 15) is 19.5 Å². The summed E-state index contributed by atoms with van der Waals surface area (Å²) in [6.45, 7) is 3.87. The first-order chi connectivity index (χ1) is 14.3. The number of hydrogen-bond donors (Lipinski definition) is 3. The van der Waals surface area contributed by atoms with Gasteiger partial charge in [-0.25, -0.2) is 4.79 Å². The first-order valence-corrected chi connectivity index (χ1v) is 10.9. The molecule has 4 unspecified atom stereocenters. The van der Waals surface area contributed by atoms with E-state index in [0.717, 1.165) is 31.2 Å². The lowest BCUT2D eigenvalue weighted by molar-refractivity contribution is -0.137. The number of benzene rings is 1. The number of carboxylic acids is 1. The summed E-state index contributed by atoms with van der Waals surface area (Å²) in [6, 6.07) is 8.79. The molecule has 30 heavy (non-hydrogen) atoms. The number of imide groups is 1. The molecule has 166 valence electrons. The first-order valence-electron chi connectivity index (χ1n) is 10.9. The molecule has 1 heterocycles. The van der Waals surface area contributed by atoms with Gasteiger partial charge >= 0.3 is 12.0 Å². The van der Waals surface area contributed by atoms with E-state index in [1.54, 1.807) is 4.90 Å². The number of carbonyl (C=O) groups excluding carboxylic acids is 2. The Morgan fingerprint density at radius 2 is 1.77 bits per heavy atom. The van der Waals surface area contributed by atoms with Crippen molar-refractivity contribution >= 4 is 17.9 Å². The summed E-state index contributed by atoms with van der Waals surface area (Å²) in [5.74, 6) is -1.05. The number of urea groups is 1.